The van der Waals surface area contributed by atoms with Crippen LogP contribution in [-0.4, -0.2) is 31.6 Å². The van der Waals surface area contributed by atoms with Gasteiger partial charge in [0.2, 0.25) is 5.95 Å². The van der Waals surface area contributed by atoms with Gasteiger partial charge in [0.25, 0.3) is 5.91 Å². The summed E-state index contributed by atoms with van der Waals surface area (Å²) in [4.78, 5) is 42.8. The quantitative estimate of drug-likeness (QED) is 0.457. The Kier molecular flexibility index (Phi) is 6.04. The average Bonchev–Trinajstić information content (AvgIpc) is 2.78. The third-order valence-electron chi connectivity index (χ3n) is 5.18. The van der Waals surface area contributed by atoms with Crippen LogP contribution in [0.5, 0.6) is 0 Å². The fourth-order valence-electron chi connectivity index (χ4n) is 3.78. The Morgan fingerprint density at radius 1 is 0.788 bits per heavy atom. The SMILES string of the molecule is Cc1cc(C)c(C(=O)c2ccc(C(=O)Nc3nc(C)nc(-c4ccccn4)n3)cc2)c(C)c1. The monoisotopic (exact) mass is 437 g/mol. The predicted molar refractivity (Wildman–Crippen MR) is 126 cm³/mol. The molecule has 4 aromatic rings. The number of carbonyl (C=O) groups excluding carboxylic acids is 2. The highest BCUT2D eigenvalue weighted by atomic mass is 16.1. The van der Waals surface area contributed by atoms with Gasteiger partial charge in [0.15, 0.2) is 11.6 Å². The number of anilines is 1. The van der Waals surface area contributed by atoms with Crippen LogP contribution in [-0.2, 0) is 0 Å². The van der Waals surface area contributed by atoms with Gasteiger partial charge in [-0.05, 0) is 63.1 Å². The van der Waals surface area contributed by atoms with E-state index in [0.717, 1.165) is 16.7 Å². The van der Waals surface area contributed by atoms with Crippen LogP contribution in [0.1, 0.15) is 48.8 Å². The minimum Gasteiger partial charge on any atom is -0.290 e. The van der Waals surface area contributed by atoms with Gasteiger partial charge in [-0.1, -0.05) is 35.9 Å². The van der Waals surface area contributed by atoms with E-state index < -0.39 is 0 Å². The molecule has 0 aliphatic carbocycles. The molecule has 33 heavy (non-hydrogen) atoms. The number of ketones is 1. The van der Waals surface area contributed by atoms with Crippen molar-refractivity contribution in [2.24, 2.45) is 0 Å². The summed E-state index contributed by atoms with van der Waals surface area (Å²) in [6.07, 6.45) is 1.65. The molecule has 2 aromatic heterocycles. The summed E-state index contributed by atoms with van der Waals surface area (Å²) in [5.41, 5.74) is 5.19. The van der Waals surface area contributed by atoms with Crippen molar-refractivity contribution in [1.29, 1.82) is 0 Å². The lowest BCUT2D eigenvalue weighted by molar-refractivity contribution is 0.101. The number of rotatable bonds is 5. The zero-order chi connectivity index (χ0) is 23.5. The second-order valence-electron chi connectivity index (χ2n) is 7.88. The first-order chi connectivity index (χ1) is 15.8. The lowest BCUT2D eigenvalue weighted by Gasteiger charge is -2.11. The van der Waals surface area contributed by atoms with E-state index >= 15 is 0 Å². The molecule has 0 atom stereocenters. The van der Waals surface area contributed by atoms with Crippen molar-refractivity contribution in [3.63, 3.8) is 0 Å². The molecule has 7 heteroatoms. The molecular weight excluding hydrogens is 414 g/mol. The van der Waals surface area contributed by atoms with Crippen LogP contribution in [0.4, 0.5) is 5.95 Å². The highest BCUT2D eigenvalue weighted by Gasteiger charge is 2.17. The standard InChI is InChI=1S/C26H23N5O2/c1-15-13-16(2)22(17(3)14-15)23(32)19-8-10-20(11-9-19)25(33)31-26-29-18(4)28-24(30-26)21-7-5-6-12-27-21/h5-14H,1-4H3,(H,28,29,30,31,33). The molecule has 1 N–H and O–H groups in total. The lowest BCUT2D eigenvalue weighted by atomic mass is 9.93. The van der Waals surface area contributed by atoms with Crippen molar-refractivity contribution in [3.8, 4) is 11.5 Å². The highest BCUT2D eigenvalue weighted by molar-refractivity contribution is 6.11. The minimum absolute atomic E-state index is 0.0648. The van der Waals surface area contributed by atoms with Gasteiger partial charge in [0.05, 0.1) is 0 Å². The summed E-state index contributed by atoms with van der Waals surface area (Å²) in [6, 6.07) is 16.0. The Hall–Kier alpha value is -4.26. The smallest absolute Gasteiger partial charge is 0.258 e. The van der Waals surface area contributed by atoms with Crippen LogP contribution < -0.4 is 5.32 Å². The van der Waals surface area contributed by atoms with Crippen molar-refractivity contribution < 1.29 is 9.59 Å². The number of benzene rings is 2. The first-order valence-corrected chi connectivity index (χ1v) is 10.5. The van der Waals surface area contributed by atoms with Gasteiger partial charge in [0, 0.05) is 22.9 Å². The van der Waals surface area contributed by atoms with Crippen LogP contribution in [0.3, 0.4) is 0 Å². The van der Waals surface area contributed by atoms with Crippen molar-refractivity contribution in [2.75, 3.05) is 5.32 Å². The Morgan fingerprint density at radius 2 is 1.45 bits per heavy atom. The van der Waals surface area contributed by atoms with Crippen LogP contribution in [0.25, 0.3) is 11.5 Å². The largest absolute Gasteiger partial charge is 0.290 e. The summed E-state index contributed by atoms with van der Waals surface area (Å²) in [5, 5.41) is 2.70. The summed E-state index contributed by atoms with van der Waals surface area (Å²) in [6.45, 7) is 7.60. The first kappa shape index (κ1) is 22.0. The number of pyridine rings is 1. The van der Waals surface area contributed by atoms with Crippen LogP contribution in [0.2, 0.25) is 0 Å². The number of aromatic nitrogens is 4. The molecule has 2 aromatic carbocycles. The molecule has 0 saturated carbocycles. The van der Waals surface area contributed by atoms with Gasteiger partial charge < -0.3 is 0 Å². The van der Waals surface area contributed by atoms with Crippen LogP contribution >= 0.6 is 0 Å². The van der Waals surface area contributed by atoms with E-state index in [1.54, 1.807) is 49.5 Å². The third-order valence-corrected chi connectivity index (χ3v) is 5.18. The zero-order valence-electron chi connectivity index (χ0n) is 18.9. The van der Waals surface area contributed by atoms with Crippen LogP contribution in [0.15, 0.2) is 60.8 Å². The number of amides is 1. The van der Waals surface area contributed by atoms with E-state index in [0.29, 0.717) is 34.0 Å². The highest BCUT2D eigenvalue weighted by Crippen LogP contribution is 2.21. The molecule has 164 valence electrons. The van der Waals surface area contributed by atoms with E-state index in [9.17, 15) is 9.59 Å². The van der Waals surface area contributed by atoms with Crippen LogP contribution in [0, 0.1) is 27.7 Å². The van der Waals surface area contributed by atoms with E-state index in [1.165, 1.54) is 0 Å². The second-order valence-corrected chi connectivity index (χ2v) is 7.88. The number of hydrogen-bond donors (Lipinski definition) is 1. The van der Waals surface area contributed by atoms with Crippen molar-refractivity contribution in [1.82, 2.24) is 19.9 Å². The fraction of sp³-hybridized carbons (Fsp3) is 0.154. The molecule has 7 nitrogen and oxygen atoms in total. The molecule has 0 aliphatic heterocycles. The summed E-state index contributed by atoms with van der Waals surface area (Å²) < 4.78 is 0. The van der Waals surface area contributed by atoms with Gasteiger partial charge in [-0.2, -0.15) is 9.97 Å². The van der Waals surface area contributed by atoms with Gasteiger partial charge in [-0.25, -0.2) is 4.98 Å². The maximum absolute atomic E-state index is 13.0. The summed E-state index contributed by atoms with van der Waals surface area (Å²) in [7, 11) is 0. The normalized spacial score (nSPS) is 10.7. The molecule has 2 heterocycles. The predicted octanol–water partition coefficient (Wildman–Crippen LogP) is 4.65. The molecule has 4 rings (SSSR count). The number of aryl methyl sites for hydroxylation is 4. The van der Waals surface area contributed by atoms with Gasteiger partial charge in [-0.3, -0.25) is 19.9 Å². The molecule has 0 unspecified atom stereocenters. The minimum atomic E-state index is -0.380. The van der Waals surface area contributed by atoms with Crippen molar-refractivity contribution in [3.05, 3.63) is 100.0 Å². The molecule has 0 fully saturated rings. The molecule has 0 saturated heterocycles. The molecular formula is C26H23N5O2. The van der Waals surface area contributed by atoms with Crippen molar-refractivity contribution in [2.45, 2.75) is 27.7 Å². The molecule has 0 spiro atoms. The topological polar surface area (TPSA) is 97.7 Å². The Bertz CT molecular complexity index is 1330. The maximum atomic E-state index is 13.0. The molecule has 0 aliphatic rings. The maximum Gasteiger partial charge on any atom is 0.258 e. The third kappa shape index (κ3) is 4.82. The summed E-state index contributed by atoms with van der Waals surface area (Å²) in [5.74, 6) is 0.535. The fourth-order valence-corrected chi connectivity index (χ4v) is 3.78. The number of nitrogens with zero attached hydrogens (tertiary/aromatic N) is 4. The average molecular weight is 438 g/mol. The van der Waals surface area contributed by atoms with Crippen molar-refractivity contribution >= 4 is 17.6 Å². The second kappa shape index (κ2) is 9.08. The van der Waals surface area contributed by atoms with Gasteiger partial charge >= 0.3 is 0 Å². The number of hydrogen-bond acceptors (Lipinski definition) is 6. The number of carbonyl (C=O) groups is 2. The molecule has 0 radical (unpaired) electrons. The molecule has 1 amide bonds. The Labute approximate surface area is 192 Å². The van der Waals surface area contributed by atoms with E-state index in [1.807, 2.05) is 39.0 Å². The first-order valence-electron chi connectivity index (χ1n) is 10.5. The lowest BCUT2D eigenvalue weighted by Crippen LogP contribution is -2.16. The van der Waals surface area contributed by atoms with E-state index in [4.69, 9.17) is 0 Å². The molecule has 0 bridgehead atoms. The van der Waals surface area contributed by atoms with E-state index in [2.05, 4.69) is 25.3 Å². The Balaban J connectivity index is 1.54. The number of nitrogens with one attached hydrogen (secondary N) is 1. The Morgan fingerprint density at radius 3 is 2.09 bits per heavy atom. The van der Waals surface area contributed by atoms with E-state index in [-0.39, 0.29) is 17.6 Å². The summed E-state index contributed by atoms with van der Waals surface area (Å²) >= 11 is 0. The zero-order valence-corrected chi connectivity index (χ0v) is 18.9. The van der Waals surface area contributed by atoms with Gasteiger partial charge in [0.1, 0.15) is 11.5 Å². The van der Waals surface area contributed by atoms with Gasteiger partial charge in [-0.15, -0.1) is 0 Å².